The van der Waals surface area contributed by atoms with E-state index in [2.05, 4.69) is 26.0 Å². The fraction of sp³-hybridized carbons (Fsp3) is 0.273. The summed E-state index contributed by atoms with van der Waals surface area (Å²) in [4.78, 5) is 14.2. The van der Waals surface area contributed by atoms with E-state index in [-0.39, 0.29) is 5.91 Å². The number of nitrogens with zero attached hydrogens (tertiary/aromatic N) is 1. The van der Waals surface area contributed by atoms with Crippen LogP contribution in [0.25, 0.3) is 6.08 Å². The average molecular weight is 414 g/mol. The second-order valence-corrected chi connectivity index (χ2v) is 8.19. The summed E-state index contributed by atoms with van der Waals surface area (Å²) in [6.07, 6.45) is 2.82. The van der Waals surface area contributed by atoms with Gasteiger partial charge in [-0.1, -0.05) is 49.1 Å². The zero-order valence-corrected chi connectivity index (χ0v) is 17.9. The quantitative estimate of drug-likeness (QED) is 0.369. The topological polar surface area (TPSA) is 38.8 Å². The molecule has 146 valence electrons. The number of ether oxygens (including phenoxy) is 2. The fourth-order valence-electron chi connectivity index (χ4n) is 2.82. The van der Waals surface area contributed by atoms with E-state index in [1.165, 1.54) is 27.8 Å². The lowest BCUT2D eigenvalue weighted by atomic mass is 10.1. The highest BCUT2D eigenvalue weighted by Crippen LogP contribution is 2.31. The summed E-state index contributed by atoms with van der Waals surface area (Å²) in [6, 6.07) is 13.9. The zero-order chi connectivity index (χ0) is 20.1. The Morgan fingerprint density at radius 3 is 2.54 bits per heavy atom. The van der Waals surface area contributed by atoms with Crippen molar-refractivity contribution >= 4 is 40.3 Å². The third-order valence-electron chi connectivity index (χ3n) is 4.28. The molecule has 0 spiro atoms. The van der Waals surface area contributed by atoms with Gasteiger partial charge >= 0.3 is 0 Å². The van der Waals surface area contributed by atoms with Crippen LogP contribution < -0.4 is 9.47 Å². The highest BCUT2D eigenvalue weighted by molar-refractivity contribution is 8.26. The lowest BCUT2D eigenvalue weighted by Gasteiger charge is -2.10. The standard InChI is InChI=1S/C22H23NO3S2/c1-4-16-10-15(2)11-19(12-16)26-9-8-25-18-7-5-6-17(13-18)14-20-21(24)23(3)22(27)28-20/h5-7,10-14H,4,8-9H2,1-3H3/b20-14-. The molecule has 1 saturated heterocycles. The lowest BCUT2D eigenvalue weighted by molar-refractivity contribution is -0.121. The minimum atomic E-state index is -0.0701. The van der Waals surface area contributed by atoms with E-state index in [1.54, 1.807) is 7.05 Å². The van der Waals surface area contributed by atoms with Crippen molar-refractivity contribution < 1.29 is 14.3 Å². The van der Waals surface area contributed by atoms with Crippen molar-refractivity contribution in [2.24, 2.45) is 0 Å². The van der Waals surface area contributed by atoms with Gasteiger partial charge in [-0.3, -0.25) is 9.69 Å². The number of likely N-dealkylation sites (N-methyl/N-ethyl adjacent to an activating group) is 1. The Balaban J connectivity index is 1.56. The third-order valence-corrected chi connectivity index (χ3v) is 5.77. The van der Waals surface area contributed by atoms with Crippen molar-refractivity contribution in [1.29, 1.82) is 0 Å². The number of thiocarbonyl (C=S) groups is 1. The molecular weight excluding hydrogens is 390 g/mol. The van der Waals surface area contributed by atoms with E-state index >= 15 is 0 Å². The highest BCUT2D eigenvalue weighted by Gasteiger charge is 2.28. The van der Waals surface area contributed by atoms with Gasteiger partial charge in [-0.2, -0.15) is 0 Å². The second kappa shape index (κ2) is 9.26. The number of benzene rings is 2. The predicted octanol–water partition coefficient (Wildman–Crippen LogP) is 4.85. The molecule has 0 N–H and O–H groups in total. The maximum atomic E-state index is 12.1. The van der Waals surface area contributed by atoms with Crippen molar-refractivity contribution in [2.75, 3.05) is 20.3 Å². The molecule has 2 aromatic carbocycles. The Morgan fingerprint density at radius 1 is 1.11 bits per heavy atom. The van der Waals surface area contributed by atoms with E-state index < -0.39 is 0 Å². The lowest BCUT2D eigenvalue weighted by Crippen LogP contribution is -2.22. The van der Waals surface area contributed by atoms with Crippen LogP contribution in [0.3, 0.4) is 0 Å². The molecule has 1 aliphatic rings. The van der Waals surface area contributed by atoms with E-state index in [0.717, 1.165) is 23.5 Å². The number of amides is 1. The van der Waals surface area contributed by atoms with E-state index in [0.29, 0.717) is 22.4 Å². The molecular formula is C22H23NO3S2. The Labute approximate surface area is 175 Å². The first-order chi connectivity index (χ1) is 13.5. The molecule has 0 saturated carbocycles. The van der Waals surface area contributed by atoms with Crippen molar-refractivity contribution in [2.45, 2.75) is 20.3 Å². The Kier molecular flexibility index (Phi) is 6.75. The van der Waals surface area contributed by atoms with Gasteiger partial charge in [0.25, 0.3) is 5.91 Å². The first-order valence-electron chi connectivity index (χ1n) is 9.14. The molecule has 1 amide bonds. The van der Waals surface area contributed by atoms with Crippen LogP contribution in [-0.2, 0) is 11.2 Å². The highest BCUT2D eigenvalue weighted by atomic mass is 32.2. The predicted molar refractivity (Wildman–Crippen MR) is 119 cm³/mol. The molecule has 6 heteroatoms. The molecule has 0 aliphatic carbocycles. The SMILES string of the molecule is CCc1cc(C)cc(OCCOc2cccc(/C=C3\SC(=S)N(C)C3=O)c2)c1. The molecule has 0 atom stereocenters. The molecule has 1 aliphatic heterocycles. The molecule has 1 fully saturated rings. The zero-order valence-electron chi connectivity index (χ0n) is 16.2. The number of aryl methyl sites for hydroxylation is 2. The third kappa shape index (κ3) is 5.14. The van der Waals surface area contributed by atoms with Gasteiger partial charge in [0.15, 0.2) is 0 Å². The van der Waals surface area contributed by atoms with Gasteiger partial charge in [0.05, 0.1) is 4.91 Å². The summed E-state index contributed by atoms with van der Waals surface area (Å²) >= 11 is 6.47. The fourth-order valence-corrected chi connectivity index (χ4v) is 4.00. The van der Waals surface area contributed by atoms with Gasteiger partial charge < -0.3 is 9.47 Å². The molecule has 4 nitrogen and oxygen atoms in total. The average Bonchev–Trinajstić information content (AvgIpc) is 2.92. The Morgan fingerprint density at radius 2 is 1.86 bits per heavy atom. The summed E-state index contributed by atoms with van der Waals surface area (Å²) in [5.74, 6) is 1.54. The van der Waals surface area contributed by atoms with Gasteiger partial charge in [0.1, 0.15) is 29.0 Å². The van der Waals surface area contributed by atoms with Crippen LogP contribution in [-0.4, -0.2) is 35.4 Å². The molecule has 28 heavy (non-hydrogen) atoms. The maximum Gasteiger partial charge on any atom is 0.265 e. The van der Waals surface area contributed by atoms with E-state index in [9.17, 15) is 4.79 Å². The van der Waals surface area contributed by atoms with Crippen molar-refractivity contribution in [3.05, 3.63) is 64.1 Å². The Hall–Kier alpha value is -2.31. The summed E-state index contributed by atoms with van der Waals surface area (Å²) < 4.78 is 12.2. The summed E-state index contributed by atoms with van der Waals surface area (Å²) in [5.41, 5.74) is 3.36. The second-order valence-electron chi connectivity index (χ2n) is 6.52. The number of thioether (sulfide) groups is 1. The molecule has 2 aromatic rings. The minimum absolute atomic E-state index is 0.0701. The van der Waals surface area contributed by atoms with Crippen LogP contribution in [0.5, 0.6) is 11.5 Å². The normalized spacial score (nSPS) is 15.4. The van der Waals surface area contributed by atoms with Gasteiger partial charge in [0.2, 0.25) is 0 Å². The van der Waals surface area contributed by atoms with Gasteiger partial charge in [-0.15, -0.1) is 0 Å². The minimum Gasteiger partial charge on any atom is -0.490 e. The van der Waals surface area contributed by atoms with Crippen LogP contribution in [0.15, 0.2) is 47.4 Å². The molecule has 0 unspecified atom stereocenters. The number of carbonyl (C=O) groups is 1. The van der Waals surface area contributed by atoms with Crippen LogP contribution in [0.1, 0.15) is 23.6 Å². The van der Waals surface area contributed by atoms with Crippen molar-refractivity contribution in [3.8, 4) is 11.5 Å². The van der Waals surface area contributed by atoms with Gasteiger partial charge in [0, 0.05) is 7.05 Å². The molecule has 0 aromatic heterocycles. The number of rotatable bonds is 7. The summed E-state index contributed by atoms with van der Waals surface area (Å²) in [5, 5.41) is 0. The van der Waals surface area contributed by atoms with Crippen LogP contribution in [0, 0.1) is 6.92 Å². The maximum absolute atomic E-state index is 12.1. The van der Waals surface area contributed by atoms with Crippen molar-refractivity contribution in [3.63, 3.8) is 0 Å². The van der Waals surface area contributed by atoms with E-state index in [4.69, 9.17) is 21.7 Å². The largest absolute Gasteiger partial charge is 0.490 e. The molecule has 1 heterocycles. The van der Waals surface area contributed by atoms with Crippen LogP contribution in [0.4, 0.5) is 0 Å². The number of hydrogen-bond donors (Lipinski definition) is 0. The monoisotopic (exact) mass is 413 g/mol. The molecule has 0 bridgehead atoms. The summed E-state index contributed by atoms with van der Waals surface area (Å²) in [6.45, 7) is 5.11. The molecule has 3 rings (SSSR count). The first kappa shape index (κ1) is 20.4. The van der Waals surface area contributed by atoms with Crippen molar-refractivity contribution in [1.82, 2.24) is 4.90 Å². The molecule has 0 radical (unpaired) electrons. The number of carbonyl (C=O) groups excluding carboxylic acids is 1. The smallest absolute Gasteiger partial charge is 0.265 e. The van der Waals surface area contributed by atoms with Crippen LogP contribution >= 0.6 is 24.0 Å². The Bertz CT molecular complexity index is 924. The number of hydrogen-bond acceptors (Lipinski definition) is 5. The van der Waals surface area contributed by atoms with Crippen LogP contribution in [0.2, 0.25) is 0 Å². The first-order valence-corrected chi connectivity index (χ1v) is 10.4. The van der Waals surface area contributed by atoms with E-state index in [1.807, 2.05) is 36.4 Å². The van der Waals surface area contributed by atoms with Gasteiger partial charge in [-0.05, 0) is 60.4 Å². The summed E-state index contributed by atoms with van der Waals surface area (Å²) in [7, 11) is 1.69. The van der Waals surface area contributed by atoms with Gasteiger partial charge in [-0.25, -0.2) is 0 Å².